The lowest BCUT2D eigenvalue weighted by atomic mass is 10.3. The number of aromatic nitrogens is 2. The lowest BCUT2D eigenvalue weighted by Gasteiger charge is -2.21. The van der Waals surface area contributed by atoms with Gasteiger partial charge in [0, 0.05) is 0 Å². The van der Waals surface area contributed by atoms with Crippen LogP contribution < -0.4 is 11.2 Å². The van der Waals surface area contributed by atoms with Crippen LogP contribution in [0.4, 0.5) is 11.7 Å². The average molecular weight is 335 g/mol. The number of nitro groups is 1. The van der Waals surface area contributed by atoms with E-state index in [1.54, 1.807) is 0 Å². The first-order valence-corrected chi connectivity index (χ1v) is 6.88. The van der Waals surface area contributed by atoms with Crippen molar-refractivity contribution in [1.29, 1.82) is 0 Å². The van der Waals surface area contributed by atoms with Crippen LogP contribution in [0, 0.1) is 10.1 Å². The number of hydrogen-bond donors (Lipinski definition) is 2. The zero-order valence-electron chi connectivity index (χ0n) is 13.3. The van der Waals surface area contributed by atoms with Gasteiger partial charge in [-0.15, -0.1) is 0 Å². The van der Waals surface area contributed by atoms with Crippen molar-refractivity contribution in [3.05, 3.63) is 39.8 Å². The molecule has 2 aromatic rings. The SMILES string of the molecule is CC(N(C)C)n1ncc(C(=O)N/N=C/c2ccc([N+](=O)[O-])o2)c1N. The molecule has 24 heavy (non-hydrogen) atoms. The summed E-state index contributed by atoms with van der Waals surface area (Å²) in [4.78, 5) is 23.8. The van der Waals surface area contributed by atoms with Gasteiger partial charge in [-0.1, -0.05) is 0 Å². The largest absolute Gasteiger partial charge is 0.433 e. The Hall–Kier alpha value is -3.21. The molecule has 11 nitrogen and oxygen atoms in total. The van der Waals surface area contributed by atoms with Crippen LogP contribution in [0.5, 0.6) is 0 Å². The first-order valence-electron chi connectivity index (χ1n) is 6.88. The van der Waals surface area contributed by atoms with Crippen molar-refractivity contribution in [1.82, 2.24) is 20.1 Å². The summed E-state index contributed by atoms with van der Waals surface area (Å²) in [6, 6.07) is 2.55. The molecule has 0 fully saturated rings. The van der Waals surface area contributed by atoms with Crippen LogP contribution >= 0.6 is 0 Å². The van der Waals surface area contributed by atoms with E-state index < -0.39 is 16.7 Å². The minimum atomic E-state index is -0.670. The van der Waals surface area contributed by atoms with Gasteiger partial charge >= 0.3 is 5.88 Å². The van der Waals surface area contributed by atoms with E-state index in [4.69, 9.17) is 10.2 Å². The molecule has 128 valence electrons. The first-order chi connectivity index (χ1) is 11.3. The molecule has 2 heterocycles. The fraction of sp³-hybridized carbons (Fsp3) is 0.308. The Balaban J connectivity index is 2.04. The molecule has 3 N–H and O–H groups in total. The van der Waals surface area contributed by atoms with E-state index in [1.807, 2.05) is 25.9 Å². The highest BCUT2D eigenvalue weighted by Crippen LogP contribution is 2.17. The molecule has 0 saturated heterocycles. The molecule has 1 amide bonds. The van der Waals surface area contributed by atoms with Crippen molar-refractivity contribution < 1.29 is 14.1 Å². The Kier molecular flexibility index (Phi) is 4.94. The number of carbonyl (C=O) groups excluding carboxylic acids is 1. The zero-order chi connectivity index (χ0) is 17.9. The molecule has 2 aromatic heterocycles. The molecule has 0 aliphatic heterocycles. The molecule has 11 heteroatoms. The standard InChI is InChI=1S/C13H17N7O4/c1-8(18(2)3)19-12(14)10(7-16-19)13(21)17-15-6-9-4-5-11(24-9)20(22)23/h4-8H,14H2,1-3H3,(H,17,21)/b15-6+. The molecule has 0 aliphatic carbocycles. The third kappa shape index (κ3) is 3.57. The Morgan fingerprint density at radius 2 is 2.29 bits per heavy atom. The minimum absolute atomic E-state index is 0.126. The Morgan fingerprint density at radius 1 is 1.58 bits per heavy atom. The lowest BCUT2D eigenvalue weighted by Crippen LogP contribution is -2.25. The Bertz CT molecular complexity index is 777. The number of rotatable bonds is 6. The van der Waals surface area contributed by atoms with Crippen LogP contribution in [0.3, 0.4) is 0 Å². The van der Waals surface area contributed by atoms with Crippen LogP contribution in [0.2, 0.25) is 0 Å². The van der Waals surface area contributed by atoms with Gasteiger partial charge in [-0.25, -0.2) is 10.1 Å². The third-order valence-corrected chi connectivity index (χ3v) is 3.33. The topological polar surface area (TPSA) is 145 Å². The second kappa shape index (κ2) is 6.91. The number of hydrazone groups is 1. The molecule has 0 aliphatic rings. The summed E-state index contributed by atoms with van der Waals surface area (Å²) in [6.07, 6.45) is 2.37. The maximum atomic E-state index is 12.1. The number of anilines is 1. The number of hydrogen-bond acceptors (Lipinski definition) is 8. The Labute approximate surface area is 136 Å². The minimum Gasteiger partial charge on any atom is -0.400 e. The van der Waals surface area contributed by atoms with Crippen LogP contribution in [-0.4, -0.2) is 45.8 Å². The van der Waals surface area contributed by atoms with E-state index >= 15 is 0 Å². The van der Waals surface area contributed by atoms with Crippen molar-refractivity contribution in [2.45, 2.75) is 13.1 Å². The molecule has 1 unspecified atom stereocenters. The normalized spacial score (nSPS) is 12.7. The van der Waals surface area contributed by atoms with E-state index in [0.717, 1.165) is 6.21 Å². The van der Waals surface area contributed by atoms with E-state index in [1.165, 1.54) is 23.0 Å². The van der Waals surface area contributed by atoms with Crippen molar-refractivity contribution >= 4 is 23.8 Å². The molecule has 0 bridgehead atoms. The van der Waals surface area contributed by atoms with E-state index in [-0.39, 0.29) is 23.3 Å². The number of furan rings is 1. The molecule has 0 saturated carbocycles. The highest BCUT2D eigenvalue weighted by Gasteiger charge is 2.19. The molecule has 0 aromatic carbocycles. The second-order valence-corrected chi connectivity index (χ2v) is 5.12. The van der Waals surface area contributed by atoms with Gasteiger partial charge in [-0.05, 0) is 27.1 Å². The van der Waals surface area contributed by atoms with Gasteiger partial charge in [0.05, 0.1) is 18.5 Å². The smallest absolute Gasteiger partial charge is 0.400 e. The van der Waals surface area contributed by atoms with E-state index in [2.05, 4.69) is 15.6 Å². The summed E-state index contributed by atoms with van der Waals surface area (Å²) in [5.41, 5.74) is 8.36. The molecular weight excluding hydrogens is 318 g/mol. The van der Waals surface area contributed by atoms with Gasteiger partial charge in [0.1, 0.15) is 22.5 Å². The summed E-state index contributed by atoms with van der Waals surface area (Å²) in [5, 5.41) is 18.3. The van der Waals surface area contributed by atoms with E-state index in [0.29, 0.717) is 0 Å². The molecule has 0 radical (unpaired) electrons. The van der Waals surface area contributed by atoms with Crippen molar-refractivity contribution in [2.24, 2.45) is 5.10 Å². The molecule has 2 rings (SSSR count). The summed E-state index contributed by atoms with van der Waals surface area (Å²) < 4.78 is 6.38. The van der Waals surface area contributed by atoms with E-state index in [9.17, 15) is 14.9 Å². The average Bonchev–Trinajstić information content (AvgIpc) is 3.13. The highest BCUT2D eigenvalue weighted by molar-refractivity contribution is 5.98. The monoisotopic (exact) mass is 335 g/mol. The van der Waals surface area contributed by atoms with Gasteiger partial charge in [-0.2, -0.15) is 10.2 Å². The number of nitrogens with two attached hydrogens (primary N) is 1. The second-order valence-electron chi connectivity index (χ2n) is 5.12. The molecule has 0 spiro atoms. The number of carbonyl (C=O) groups is 1. The molecular formula is C13H17N7O4. The van der Waals surface area contributed by atoms with Gasteiger partial charge in [0.25, 0.3) is 5.91 Å². The number of amides is 1. The number of nitrogens with zero attached hydrogens (tertiary/aromatic N) is 5. The van der Waals surface area contributed by atoms with Gasteiger partial charge in [-0.3, -0.25) is 19.8 Å². The lowest BCUT2D eigenvalue weighted by molar-refractivity contribution is -0.402. The maximum Gasteiger partial charge on any atom is 0.433 e. The van der Waals surface area contributed by atoms with Crippen LogP contribution in [0.25, 0.3) is 0 Å². The van der Waals surface area contributed by atoms with Gasteiger partial charge < -0.3 is 10.2 Å². The fourth-order valence-corrected chi connectivity index (χ4v) is 1.79. The summed E-state index contributed by atoms with van der Waals surface area (Å²) in [7, 11) is 3.72. The van der Waals surface area contributed by atoms with Crippen LogP contribution in [0.1, 0.15) is 29.2 Å². The van der Waals surface area contributed by atoms with Crippen molar-refractivity contribution in [3.8, 4) is 0 Å². The highest BCUT2D eigenvalue weighted by atomic mass is 16.6. The zero-order valence-corrected chi connectivity index (χ0v) is 13.3. The summed E-state index contributed by atoms with van der Waals surface area (Å²) in [5.74, 6) is -0.627. The van der Waals surface area contributed by atoms with Crippen molar-refractivity contribution in [2.75, 3.05) is 19.8 Å². The van der Waals surface area contributed by atoms with Gasteiger partial charge in [0.15, 0.2) is 5.76 Å². The Morgan fingerprint density at radius 3 is 2.88 bits per heavy atom. The van der Waals surface area contributed by atoms with Crippen LogP contribution in [0.15, 0.2) is 27.8 Å². The predicted molar refractivity (Wildman–Crippen MR) is 85.5 cm³/mol. The number of nitrogens with one attached hydrogen (secondary N) is 1. The summed E-state index contributed by atoms with van der Waals surface area (Å²) >= 11 is 0. The number of nitrogen functional groups attached to an aromatic ring is 1. The third-order valence-electron chi connectivity index (χ3n) is 3.33. The van der Waals surface area contributed by atoms with Crippen LogP contribution in [-0.2, 0) is 0 Å². The van der Waals surface area contributed by atoms with Gasteiger partial charge in [0.2, 0.25) is 0 Å². The maximum absolute atomic E-state index is 12.1. The fourth-order valence-electron chi connectivity index (χ4n) is 1.79. The predicted octanol–water partition coefficient (Wildman–Crippen LogP) is 0.810. The van der Waals surface area contributed by atoms with Crippen molar-refractivity contribution in [3.63, 3.8) is 0 Å². The molecule has 1 atom stereocenters. The quantitative estimate of drug-likeness (QED) is 0.451. The first kappa shape index (κ1) is 17.1. The summed E-state index contributed by atoms with van der Waals surface area (Å²) in [6.45, 7) is 1.88.